The Morgan fingerprint density at radius 2 is 2.07 bits per heavy atom. The van der Waals surface area contributed by atoms with Crippen LogP contribution in [0.1, 0.15) is 5.56 Å². The molecular formula is C10H12Cl2N2S. The first-order valence-corrected chi connectivity index (χ1v) is 5.02. The molecule has 2 aromatic rings. The van der Waals surface area contributed by atoms with Gasteiger partial charge in [0.1, 0.15) is 0 Å². The molecule has 0 bridgehead atoms. The van der Waals surface area contributed by atoms with E-state index in [0.29, 0.717) is 6.54 Å². The fourth-order valence-electron chi connectivity index (χ4n) is 1.26. The quantitative estimate of drug-likeness (QED) is 0.904. The lowest BCUT2D eigenvalue weighted by atomic mass is 10.1. The monoisotopic (exact) mass is 262 g/mol. The Kier molecular flexibility index (Phi) is 6.52. The number of halogens is 2. The Balaban J connectivity index is 0.000000980. The van der Waals surface area contributed by atoms with E-state index in [1.165, 1.54) is 0 Å². The number of hydrogen-bond donors (Lipinski definition) is 1. The van der Waals surface area contributed by atoms with Crippen LogP contribution in [0, 0.1) is 0 Å². The Hall–Kier alpha value is -0.610. The minimum absolute atomic E-state index is 0. The first kappa shape index (κ1) is 14.4. The maximum absolute atomic E-state index is 5.62. The summed E-state index contributed by atoms with van der Waals surface area (Å²) in [6.07, 6.45) is 1.80. The first-order valence-electron chi connectivity index (χ1n) is 4.08. The number of thiophene rings is 1. The molecule has 82 valence electrons. The van der Waals surface area contributed by atoms with Crippen LogP contribution in [-0.2, 0) is 6.54 Å². The second-order valence-corrected chi connectivity index (χ2v) is 3.51. The van der Waals surface area contributed by atoms with Crippen LogP contribution in [-0.4, -0.2) is 4.98 Å². The SMILES string of the molecule is Cl.Cl.NCc1cccnc1-c1ccsc1. The van der Waals surface area contributed by atoms with Crippen molar-refractivity contribution in [2.24, 2.45) is 5.73 Å². The van der Waals surface area contributed by atoms with Gasteiger partial charge >= 0.3 is 0 Å². The maximum atomic E-state index is 5.62. The fourth-order valence-corrected chi connectivity index (χ4v) is 1.90. The minimum atomic E-state index is 0. The van der Waals surface area contributed by atoms with Crippen LogP contribution in [0.4, 0.5) is 0 Å². The third-order valence-corrected chi connectivity index (χ3v) is 2.59. The van der Waals surface area contributed by atoms with Crippen molar-refractivity contribution >= 4 is 36.2 Å². The second kappa shape index (κ2) is 6.80. The minimum Gasteiger partial charge on any atom is -0.326 e. The van der Waals surface area contributed by atoms with Gasteiger partial charge in [-0.3, -0.25) is 4.98 Å². The van der Waals surface area contributed by atoms with Gasteiger partial charge in [0.15, 0.2) is 0 Å². The van der Waals surface area contributed by atoms with Crippen LogP contribution in [0.15, 0.2) is 35.2 Å². The van der Waals surface area contributed by atoms with E-state index in [0.717, 1.165) is 16.8 Å². The lowest BCUT2D eigenvalue weighted by Crippen LogP contribution is -1.99. The predicted molar refractivity (Wildman–Crippen MR) is 69.9 cm³/mol. The molecular weight excluding hydrogens is 251 g/mol. The lowest BCUT2D eigenvalue weighted by Gasteiger charge is -2.02. The molecule has 0 atom stereocenters. The van der Waals surface area contributed by atoms with Crippen molar-refractivity contribution in [1.82, 2.24) is 4.98 Å². The van der Waals surface area contributed by atoms with Gasteiger partial charge in [-0.05, 0) is 23.1 Å². The summed E-state index contributed by atoms with van der Waals surface area (Å²) in [6, 6.07) is 5.99. The van der Waals surface area contributed by atoms with E-state index in [1.807, 2.05) is 17.5 Å². The Labute approximate surface area is 105 Å². The summed E-state index contributed by atoms with van der Waals surface area (Å²) in [6.45, 7) is 0.541. The average Bonchev–Trinajstić information content (AvgIpc) is 2.70. The standard InChI is InChI=1S/C10H10N2S.2ClH/c11-6-8-2-1-4-12-10(8)9-3-5-13-7-9;;/h1-5,7H,6,11H2;2*1H. The third kappa shape index (κ3) is 3.18. The number of hydrogen-bond acceptors (Lipinski definition) is 3. The normalized spacial score (nSPS) is 8.87. The van der Waals surface area contributed by atoms with E-state index in [1.54, 1.807) is 17.5 Å². The Morgan fingerprint density at radius 1 is 1.27 bits per heavy atom. The summed E-state index contributed by atoms with van der Waals surface area (Å²) < 4.78 is 0. The lowest BCUT2D eigenvalue weighted by molar-refractivity contribution is 1.05. The molecule has 5 heteroatoms. The van der Waals surface area contributed by atoms with Gasteiger partial charge in [-0.25, -0.2) is 0 Å². The van der Waals surface area contributed by atoms with Crippen molar-refractivity contribution in [1.29, 1.82) is 0 Å². The highest BCUT2D eigenvalue weighted by molar-refractivity contribution is 7.08. The molecule has 2 aromatic heterocycles. The van der Waals surface area contributed by atoms with Crippen LogP contribution in [0.5, 0.6) is 0 Å². The van der Waals surface area contributed by atoms with Crippen LogP contribution in [0.2, 0.25) is 0 Å². The summed E-state index contributed by atoms with van der Waals surface area (Å²) in [5.74, 6) is 0. The maximum Gasteiger partial charge on any atom is 0.0755 e. The molecule has 0 aliphatic rings. The van der Waals surface area contributed by atoms with Crippen molar-refractivity contribution in [2.75, 3.05) is 0 Å². The summed E-state index contributed by atoms with van der Waals surface area (Å²) in [5, 5.41) is 4.13. The predicted octanol–water partition coefficient (Wildman–Crippen LogP) is 3.11. The number of nitrogens with two attached hydrogens (primary N) is 1. The molecule has 2 nitrogen and oxygen atoms in total. The van der Waals surface area contributed by atoms with Gasteiger partial charge in [0.05, 0.1) is 5.69 Å². The highest BCUT2D eigenvalue weighted by atomic mass is 35.5. The molecule has 0 amide bonds. The van der Waals surface area contributed by atoms with Crippen molar-refractivity contribution in [2.45, 2.75) is 6.54 Å². The zero-order valence-electron chi connectivity index (χ0n) is 7.92. The highest BCUT2D eigenvalue weighted by Gasteiger charge is 2.03. The van der Waals surface area contributed by atoms with Crippen molar-refractivity contribution in [3.8, 4) is 11.3 Å². The third-order valence-electron chi connectivity index (χ3n) is 1.91. The zero-order valence-corrected chi connectivity index (χ0v) is 10.4. The molecule has 0 fully saturated rings. The van der Waals surface area contributed by atoms with E-state index in [-0.39, 0.29) is 24.8 Å². The van der Waals surface area contributed by atoms with E-state index >= 15 is 0 Å². The topological polar surface area (TPSA) is 38.9 Å². The number of aromatic nitrogens is 1. The first-order chi connectivity index (χ1) is 6.42. The molecule has 0 saturated carbocycles. The molecule has 15 heavy (non-hydrogen) atoms. The smallest absolute Gasteiger partial charge is 0.0755 e. The van der Waals surface area contributed by atoms with Gasteiger partial charge in [-0.15, -0.1) is 24.8 Å². The van der Waals surface area contributed by atoms with Gasteiger partial charge < -0.3 is 5.73 Å². The Morgan fingerprint density at radius 3 is 2.67 bits per heavy atom. The Bertz CT molecular complexity index is 390. The van der Waals surface area contributed by atoms with Crippen LogP contribution in [0.3, 0.4) is 0 Å². The van der Waals surface area contributed by atoms with Gasteiger partial charge in [0, 0.05) is 23.7 Å². The summed E-state index contributed by atoms with van der Waals surface area (Å²) >= 11 is 1.67. The molecule has 0 aromatic carbocycles. The van der Waals surface area contributed by atoms with E-state index in [9.17, 15) is 0 Å². The molecule has 2 rings (SSSR count). The summed E-state index contributed by atoms with van der Waals surface area (Å²) in [5.41, 5.74) is 8.88. The largest absolute Gasteiger partial charge is 0.326 e. The number of pyridine rings is 1. The van der Waals surface area contributed by atoms with Crippen LogP contribution < -0.4 is 5.73 Å². The van der Waals surface area contributed by atoms with E-state index in [4.69, 9.17) is 5.73 Å². The summed E-state index contributed by atoms with van der Waals surface area (Å²) in [4.78, 5) is 4.32. The molecule has 0 unspecified atom stereocenters. The van der Waals surface area contributed by atoms with Gasteiger partial charge in [-0.1, -0.05) is 6.07 Å². The number of nitrogens with zero attached hydrogens (tertiary/aromatic N) is 1. The average molecular weight is 263 g/mol. The van der Waals surface area contributed by atoms with Crippen LogP contribution >= 0.6 is 36.2 Å². The molecule has 0 aliphatic carbocycles. The second-order valence-electron chi connectivity index (χ2n) is 2.73. The zero-order chi connectivity index (χ0) is 9.10. The van der Waals surface area contributed by atoms with E-state index in [2.05, 4.69) is 16.4 Å². The molecule has 2 N–H and O–H groups in total. The van der Waals surface area contributed by atoms with Crippen LogP contribution in [0.25, 0.3) is 11.3 Å². The molecule has 0 spiro atoms. The molecule has 0 radical (unpaired) electrons. The van der Waals surface area contributed by atoms with Gasteiger partial charge in [-0.2, -0.15) is 11.3 Å². The fraction of sp³-hybridized carbons (Fsp3) is 0.100. The van der Waals surface area contributed by atoms with Gasteiger partial charge in [0.25, 0.3) is 0 Å². The molecule has 2 heterocycles. The number of rotatable bonds is 2. The van der Waals surface area contributed by atoms with E-state index < -0.39 is 0 Å². The summed E-state index contributed by atoms with van der Waals surface area (Å²) in [7, 11) is 0. The van der Waals surface area contributed by atoms with Crippen molar-refractivity contribution in [3.63, 3.8) is 0 Å². The molecule has 0 aliphatic heterocycles. The van der Waals surface area contributed by atoms with Gasteiger partial charge in [0.2, 0.25) is 0 Å². The highest BCUT2D eigenvalue weighted by Crippen LogP contribution is 2.22. The molecule has 0 saturated heterocycles. The van der Waals surface area contributed by atoms with Crippen molar-refractivity contribution < 1.29 is 0 Å². The van der Waals surface area contributed by atoms with Crippen molar-refractivity contribution in [3.05, 3.63) is 40.7 Å².